The van der Waals surface area contributed by atoms with Crippen LogP contribution in [0.1, 0.15) is 28.3 Å². The summed E-state index contributed by atoms with van der Waals surface area (Å²) in [6, 6.07) is 10.5. The van der Waals surface area contributed by atoms with E-state index < -0.39 is 4.92 Å². The molecule has 0 aliphatic carbocycles. The Balaban J connectivity index is 1.69. The highest BCUT2D eigenvalue weighted by molar-refractivity contribution is 8.27. The fourth-order valence-electron chi connectivity index (χ4n) is 3.46. The van der Waals surface area contributed by atoms with Gasteiger partial charge in [-0.05, 0) is 81.4 Å². The number of hydrogen-bond acceptors (Lipinski definition) is 6. The number of thiocarbonyl (C=S) groups is 1. The number of amides is 1. The lowest BCUT2D eigenvalue weighted by molar-refractivity contribution is -0.384. The number of benzene rings is 1. The topological polar surface area (TPSA) is 81.5 Å². The van der Waals surface area contributed by atoms with Crippen molar-refractivity contribution in [3.8, 4) is 11.3 Å². The summed E-state index contributed by atoms with van der Waals surface area (Å²) in [5, 5.41) is 13.0. The number of nitro groups is 1. The number of furan rings is 1. The van der Waals surface area contributed by atoms with Gasteiger partial charge in [0.05, 0.1) is 15.4 Å². The standard InChI is InChI=1S/C22H19N3O4S2/c1-12-9-17(18(25(27)28)10-13(12)2)19-8-7-16(29-19)11-20-21(26)24(22(30)31-20)23-14(3)5-6-15(23)4/h5-11H,1-4H3/b20-11-. The number of carbonyl (C=O) groups excluding carboxylic acids is 1. The van der Waals surface area contributed by atoms with Gasteiger partial charge in [0, 0.05) is 23.5 Å². The lowest BCUT2D eigenvalue weighted by Gasteiger charge is -2.20. The van der Waals surface area contributed by atoms with Crippen LogP contribution >= 0.6 is 24.0 Å². The molecule has 0 bridgehead atoms. The first-order chi connectivity index (χ1) is 14.7. The van der Waals surface area contributed by atoms with E-state index in [0.717, 1.165) is 22.5 Å². The van der Waals surface area contributed by atoms with Gasteiger partial charge in [-0.3, -0.25) is 19.6 Å². The van der Waals surface area contributed by atoms with Crippen molar-refractivity contribution in [2.45, 2.75) is 27.7 Å². The molecule has 9 heteroatoms. The predicted molar refractivity (Wildman–Crippen MR) is 126 cm³/mol. The zero-order chi connectivity index (χ0) is 22.4. The van der Waals surface area contributed by atoms with Crippen LogP contribution in [-0.2, 0) is 4.79 Å². The van der Waals surface area contributed by atoms with Crippen LogP contribution in [0.2, 0.25) is 0 Å². The van der Waals surface area contributed by atoms with Crippen molar-refractivity contribution in [1.29, 1.82) is 0 Å². The monoisotopic (exact) mass is 453 g/mol. The summed E-state index contributed by atoms with van der Waals surface area (Å²) < 4.78 is 8.07. The maximum Gasteiger partial charge on any atom is 0.285 e. The maximum atomic E-state index is 13.0. The molecule has 1 amide bonds. The zero-order valence-corrected chi connectivity index (χ0v) is 19.0. The van der Waals surface area contributed by atoms with E-state index in [1.165, 1.54) is 16.8 Å². The van der Waals surface area contributed by atoms with E-state index in [-0.39, 0.29) is 11.6 Å². The second-order valence-corrected chi connectivity index (χ2v) is 9.01. The number of hydrogen-bond donors (Lipinski definition) is 0. The molecular weight excluding hydrogens is 434 g/mol. The van der Waals surface area contributed by atoms with Gasteiger partial charge in [-0.15, -0.1) is 0 Å². The normalized spacial score (nSPS) is 15.4. The van der Waals surface area contributed by atoms with Crippen molar-refractivity contribution in [2.24, 2.45) is 0 Å². The summed E-state index contributed by atoms with van der Waals surface area (Å²) in [6.07, 6.45) is 1.61. The van der Waals surface area contributed by atoms with E-state index >= 15 is 0 Å². The Labute approximate surface area is 188 Å². The van der Waals surface area contributed by atoms with Crippen LogP contribution in [-0.4, -0.2) is 19.8 Å². The molecule has 4 rings (SSSR count). The van der Waals surface area contributed by atoms with Gasteiger partial charge in [0.15, 0.2) is 4.32 Å². The highest BCUT2D eigenvalue weighted by Gasteiger charge is 2.35. The molecule has 3 aromatic rings. The predicted octanol–water partition coefficient (Wildman–Crippen LogP) is 5.43. The Morgan fingerprint density at radius 2 is 1.71 bits per heavy atom. The van der Waals surface area contributed by atoms with Crippen molar-refractivity contribution in [3.05, 3.63) is 79.7 Å². The van der Waals surface area contributed by atoms with E-state index in [1.807, 2.05) is 39.8 Å². The van der Waals surface area contributed by atoms with Gasteiger partial charge in [0.2, 0.25) is 0 Å². The highest BCUT2D eigenvalue weighted by atomic mass is 32.2. The fourth-order valence-corrected chi connectivity index (χ4v) is 4.68. The molecule has 0 radical (unpaired) electrons. The molecule has 1 aliphatic heterocycles. The van der Waals surface area contributed by atoms with E-state index in [9.17, 15) is 14.9 Å². The third-order valence-electron chi connectivity index (χ3n) is 5.18. The third-order valence-corrected chi connectivity index (χ3v) is 6.46. The molecule has 7 nitrogen and oxygen atoms in total. The van der Waals surface area contributed by atoms with Crippen molar-refractivity contribution in [1.82, 2.24) is 4.68 Å². The summed E-state index contributed by atoms with van der Waals surface area (Å²) in [5.41, 5.74) is 3.95. The molecule has 0 atom stereocenters. The van der Waals surface area contributed by atoms with Crippen molar-refractivity contribution < 1.29 is 14.1 Å². The van der Waals surface area contributed by atoms with Crippen molar-refractivity contribution in [3.63, 3.8) is 0 Å². The average molecular weight is 454 g/mol. The molecule has 0 spiro atoms. The van der Waals surface area contributed by atoms with Crippen LogP contribution in [0.25, 0.3) is 17.4 Å². The third kappa shape index (κ3) is 3.70. The SMILES string of the molecule is Cc1cc(-c2ccc(/C=C3\SC(=S)N(n4c(C)ccc4C)C3=O)o2)c([N+](=O)[O-])cc1C. The minimum Gasteiger partial charge on any atom is -0.456 e. The Bertz CT molecular complexity index is 1270. The van der Waals surface area contributed by atoms with Crippen LogP contribution in [0.5, 0.6) is 0 Å². The number of nitrogens with zero attached hydrogens (tertiary/aromatic N) is 3. The number of carbonyl (C=O) groups is 1. The van der Waals surface area contributed by atoms with Crippen molar-refractivity contribution >= 4 is 46.0 Å². The van der Waals surface area contributed by atoms with Gasteiger partial charge in [-0.2, -0.15) is 5.01 Å². The van der Waals surface area contributed by atoms with E-state index in [0.29, 0.717) is 26.3 Å². The van der Waals surface area contributed by atoms with Crippen molar-refractivity contribution in [2.75, 3.05) is 5.01 Å². The summed E-state index contributed by atoms with van der Waals surface area (Å²) in [5.74, 6) is 0.546. The van der Waals surface area contributed by atoms with Gasteiger partial charge in [0.25, 0.3) is 11.6 Å². The Morgan fingerprint density at radius 3 is 2.35 bits per heavy atom. The number of aromatic nitrogens is 1. The Hall–Kier alpha value is -3.17. The number of aryl methyl sites for hydroxylation is 4. The summed E-state index contributed by atoms with van der Waals surface area (Å²) in [4.78, 5) is 24.5. The molecule has 3 heterocycles. The molecule has 0 unspecified atom stereocenters. The molecule has 0 N–H and O–H groups in total. The minimum atomic E-state index is -0.420. The highest BCUT2D eigenvalue weighted by Crippen LogP contribution is 2.36. The van der Waals surface area contributed by atoms with Crippen LogP contribution in [0.15, 0.2) is 45.7 Å². The molecule has 0 saturated carbocycles. The molecule has 1 aliphatic rings. The smallest absolute Gasteiger partial charge is 0.285 e. The quantitative estimate of drug-likeness (QED) is 0.227. The van der Waals surface area contributed by atoms with E-state index in [1.54, 1.807) is 35.0 Å². The van der Waals surface area contributed by atoms with Crippen LogP contribution in [0.4, 0.5) is 5.69 Å². The fraction of sp³-hybridized carbons (Fsp3) is 0.182. The Morgan fingerprint density at radius 1 is 1.06 bits per heavy atom. The number of thioether (sulfide) groups is 1. The molecular formula is C22H19N3O4S2. The van der Waals surface area contributed by atoms with Crippen LogP contribution in [0.3, 0.4) is 0 Å². The molecule has 158 valence electrons. The molecule has 1 fully saturated rings. The maximum absolute atomic E-state index is 13.0. The first-order valence-electron chi connectivity index (χ1n) is 9.46. The molecule has 2 aromatic heterocycles. The Kier molecular flexibility index (Phi) is 5.32. The zero-order valence-electron chi connectivity index (χ0n) is 17.3. The van der Waals surface area contributed by atoms with Crippen LogP contribution < -0.4 is 5.01 Å². The summed E-state index contributed by atoms with van der Waals surface area (Å²) in [6.45, 7) is 7.54. The first kappa shape index (κ1) is 21.1. The van der Waals surface area contributed by atoms with Gasteiger partial charge in [-0.1, -0.05) is 11.8 Å². The van der Waals surface area contributed by atoms with E-state index in [2.05, 4.69) is 0 Å². The van der Waals surface area contributed by atoms with Gasteiger partial charge >= 0.3 is 0 Å². The molecule has 31 heavy (non-hydrogen) atoms. The molecule has 1 saturated heterocycles. The van der Waals surface area contributed by atoms with E-state index in [4.69, 9.17) is 16.6 Å². The second kappa shape index (κ2) is 7.82. The minimum absolute atomic E-state index is 0.0196. The number of nitro benzene ring substituents is 1. The molecule has 1 aromatic carbocycles. The van der Waals surface area contributed by atoms with Gasteiger partial charge in [0.1, 0.15) is 11.5 Å². The number of rotatable bonds is 4. The first-order valence-corrected chi connectivity index (χ1v) is 10.7. The average Bonchev–Trinajstić information content (AvgIpc) is 3.37. The summed E-state index contributed by atoms with van der Waals surface area (Å²) in [7, 11) is 0. The lowest BCUT2D eigenvalue weighted by Crippen LogP contribution is -2.39. The second-order valence-electron chi connectivity index (χ2n) is 7.33. The van der Waals surface area contributed by atoms with Gasteiger partial charge < -0.3 is 4.42 Å². The van der Waals surface area contributed by atoms with Crippen LogP contribution in [0, 0.1) is 37.8 Å². The van der Waals surface area contributed by atoms with Gasteiger partial charge in [-0.25, -0.2) is 0 Å². The summed E-state index contributed by atoms with van der Waals surface area (Å²) >= 11 is 6.62. The largest absolute Gasteiger partial charge is 0.456 e. The lowest BCUT2D eigenvalue weighted by atomic mass is 10.0.